The largest absolute Gasteiger partial charge is 0.390 e. The molecule has 0 bridgehead atoms. The Morgan fingerprint density at radius 1 is 1.08 bits per heavy atom. The summed E-state index contributed by atoms with van der Waals surface area (Å²) in [4.78, 5) is 13.9. The highest BCUT2D eigenvalue weighted by atomic mass is 32.1. The molecule has 5 N–H and O–H groups in total. The molecule has 1 aliphatic carbocycles. The summed E-state index contributed by atoms with van der Waals surface area (Å²) in [6.07, 6.45) is -0.165. The lowest BCUT2D eigenvalue weighted by atomic mass is 9.88. The van der Waals surface area contributed by atoms with Crippen LogP contribution in [0.3, 0.4) is 0 Å². The Bertz CT molecular complexity index is 1410. The van der Waals surface area contributed by atoms with E-state index in [1.165, 1.54) is 11.3 Å². The number of aliphatic hydroxyl groups excluding tert-OH is 2. The molecule has 0 saturated heterocycles. The Labute approximate surface area is 212 Å². The van der Waals surface area contributed by atoms with Crippen LogP contribution in [0.15, 0.2) is 54.7 Å². The molecule has 4 aromatic rings. The molecule has 2 heterocycles. The van der Waals surface area contributed by atoms with Crippen LogP contribution in [0, 0.1) is 17.2 Å². The van der Waals surface area contributed by atoms with Crippen molar-refractivity contribution in [3.8, 4) is 16.6 Å². The van der Waals surface area contributed by atoms with Gasteiger partial charge in [0.05, 0.1) is 45.2 Å². The Balaban J connectivity index is 1.52. The van der Waals surface area contributed by atoms with Gasteiger partial charge in [0.15, 0.2) is 0 Å². The summed E-state index contributed by atoms with van der Waals surface area (Å²) in [7, 11) is 0. The number of aliphatic hydroxyl groups is 3. The molecule has 2 aromatic heterocycles. The molecule has 1 saturated carbocycles. The summed E-state index contributed by atoms with van der Waals surface area (Å²) in [6, 6.07) is 16.4. The van der Waals surface area contributed by atoms with E-state index in [1.54, 1.807) is 38.2 Å². The Morgan fingerprint density at radius 2 is 1.89 bits per heavy atom. The first-order valence-corrected chi connectivity index (χ1v) is 12.4. The highest BCUT2D eigenvalue weighted by Gasteiger charge is 2.47. The number of anilines is 3. The van der Waals surface area contributed by atoms with Gasteiger partial charge in [0.2, 0.25) is 5.95 Å². The van der Waals surface area contributed by atoms with Gasteiger partial charge in [-0.25, -0.2) is 9.97 Å². The van der Waals surface area contributed by atoms with Crippen molar-refractivity contribution >= 4 is 39.0 Å². The highest BCUT2D eigenvalue weighted by molar-refractivity contribution is 7.21. The maximum Gasteiger partial charge on any atom is 0.229 e. The third-order valence-corrected chi connectivity index (χ3v) is 7.54. The minimum absolute atomic E-state index is 0.296. The van der Waals surface area contributed by atoms with Crippen molar-refractivity contribution < 1.29 is 15.3 Å². The van der Waals surface area contributed by atoms with Gasteiger partial charge in [0.25, 0.3) is 0 Å². The minimum Gasteiger partial charge on any atom is -0.390 e. The second-order valence-corrected chi connectivity index (χ2v) is 10.5. The molecule has 9 nitrogen and oxygen atoms in total. The summed E-state index contributed by atoms with van der Waals surface area (Å²) in [5.41, 5.74) is 1.52. The number of benzene rings is 2. The molecule has 184 valence electrons. The molecule has 0 aliphatic heterocycles. The lowest BCUT2D eigenvalue weighted by Crippen LogP contribution is -2.40. The van der Waals surface area contributed by atoms with E-state index in [-0.39, 0.29) is 0 Å². The minimum atomic E-state index is -1.16. The average Bonchev–Trinajstić information content (AvgIpc) is 3.41. The normalized spacial score (nSPS) is 21.9. The van der Waals surface area contributed by atoms with Crippen LogP contribution in [0.2, 0.25) is 0 Å². The molecule has 0 unspecified atom stereocenters. The fraction of sp³-hybridized carbons (Fsp3) is 0.308. The second-order valence-electron chi connectivity index (χ2n) is 9.49. The van der Waals surface area contributed by atoms with Gasteiger partial charge >= 0.3 is 0 Å². The van der Waals surface area contributed by atoms with E-state index in [2.05, 4.69) is 26.7 Å². The fourth-order valence-corrected chi connectivity index (χ4v) is 5.52. The SMILES string of the molecule is CC(C)(O)[C@@H]1C[C@@H](Nc2nc(Nc3cccc(C#N)c3)ncc2-c2nc3ccccc3s2)[C@H](O)[C@@H]1O. The van der Waals surface area contributed by atoms with Crippen molar-refractivity contribution in [2.45, 2.75) is 44.1 Å². The van der Waals surface area contributed by atoms with E-state index in [1.807, 2.05) is 30.3 Å². The Hall–Kier alpha value is -3.62. The number of nitrogens with zero attached hydrogens (tertiary/aromatic N) is 4. The summed E-state index contributed by atoms with van der Waals surface area (Å²) < 4.78 is 1.02. The molecule has 0 amide bonds. The Morgan fingerprint density at radius 3 is 2.61 bits per heavy atom. The molecule has 1 fully saturated rings. The molecule has 4 atom stereocenters. The van der Waals surface area contributed by atoms with Gasteiger partial charge in [-0.3, -0.25) is 0 Å². The van der Waals surface area contributed by atoms with Gasteiger partial charge in [-0.15, -0.1) is 11.3 Å². The fourth-order valence-electron chi connectivity index (χ4n) is 4.55. The van der Waals surface area contributed by atoms with Crippen LogP contribution in [-0.4, -0.2) is 54.1 Å². The standard InChI is InChI=1S/C26H26N6O3S/c1-26(2,35)17-11-19(22(34)21(17)33)30-23-16(24-31-18-8-3-4-9-20(18)36-24)13-28-25(32-23)29-15-7-5-6-14(10-15)12-27/h3-10,13,17,19,21-22,33-35H,11H2,1-2H3,(H2,28,29,30,32)/t17-,19-,21-,22+/m1/s1. The van der Waals surface area contributed by atoms with Crippen LogP contribution in [-0.2, 0) is 0 Å². The summed E-state index contributed by atoms with van der Waals surface area (Å²) >= 11 is 1.50. The molecule has 2 aromatic carbocycles. The van der Waals surface area contributed by atoms with E-state index in [4.69, 9.17) is 4.98 Å². The zero-order valence-corrected chi connectivity index (χ0v) is 20.6. The smallest absolute Gasteiger partial charge is 0.229 e. The number of fused-ring (bicyclic) bond motifs is 1. The maximum absolute atomic E-state index is 10.8. The van der Waals surface area contributed by atoms with Crippen molar-refractivity contribution in [2.75, 3.05) is 10.6 Å². The molecule has 5 rings (SSSR count). The zero-order chi connectivity index (χ0) is 25.4. The van der Waals surface area contributed by atoms with Crippen molar-refractivity contribution in [1.82, 2.24) is 15.0 Å². The van der Waals surface area contributed by atoms with Crippen molar-refractivity contribution in [1.29, 1.82) is 5.26 Å². The lowest BCUT2D eigenvalue weighted by Gasteiger charge is -2.28. The van der Waals surface area contributed by atoms with E-state index >= 15 is 0 Å². The molecular weight excluding hydrogens is 476 g/mol. The predicted octanol–water partition coefficient (Wildman–Crippen LogP) is 3.66. The number of rotatable bonds is 6. The van der Waals surface area contributed by atoms with Crippen molar-refractivity contribution in [3.63, 3.8) is 0 Å². The molecule has 0 radical (unpaired) electrons. The van der Waals surface area contributed by atoms with Gasteiger partial charge < -0.3 is 26.0 Å². The third kappa shape index (κ3) is 4.74. The first-order chi connectivity index (χ1) is 17.2. The van der Waals surface area contributed by atoms with E-state index in [0.717, 1.165) is 10.2 Å². The topological polar surface area (TPSA) is 147 Å². The quantitative estimate of drug-likeness (QED) is 0.266. The number of hydrogen-bond donors (Lipinski definition) is 5. The van der Waals surface area contributed by atoms with Crippen LogP contribution in [0.25, 0.3) is 20.8 Å². The van der Waals surface area contributed by atoms with Crippen LogP contribution < -0.4 is 10.6 Å². The summed E-state index contributed by atoms with van der Waals surface area (Å²) in [6.45, 7) is 3.26. The van der Waals surface area contributed by atoms with Gasteiger partial charge in [0, 0.05) is 17.8 Å². The number of hydrogen-bond acceptors (Lipinski definition) is 10. The molecule has 0 spiro atoms. The van der Waals surface area contributed by atoms with E-state index < -0.39 is 29.8 Å². The number of aromatic nitrogens is 3. The highest BCUT2D eigenvalue weighted by Crippen LogP contribution is 2.39. The van der Waals surface area contributed by atoms with Gasteiger partial charge in [-0.2, -0.15) is 10.2 Å². The third-order valence-electron chi connectivity index (χ3n) is 6.47. The molecule has 36 heavy (non-hydrogen) atoms. The van der Waals surface area contributed by atoms with Gasteiger partial charge in [-0.05, 0) is 50.6 Å². The summed E-state index contributed by atoms with van der Waals surface area (Å²) in [5.74, 6) is 0.226. The number of nitrogens with one attached hydrogen (secondary N) is 2. The first-order valence-electron chi connectivity index (χ1n) is 11.6. The van der Waals surface area contributed by atoms with Crippen LogP contribution >= 0.6 is 11.3 Å². The van der Waals surface area contributed by atoms with Crippen LogP contribution in [0.5, 0.6) is 0 Å². The van der Waals surface area contributed by atoms with Crippen molar-refractivity contribution in [3.05, 3.63) is 60.3 Å². The number of thiazole rings is 1. The van der Waals surface area contributed by atoms with Gasteiger partial charge in [0.1, 0.15) is 16.9 Å². The number of nitriles is 1. The molecular formula is C26H26N6O3S. The monoisotopic (exact) mass is 502 g/mol. The summed E-state index contributed by atoms with van der Waals surface area (Å²) in [5, 5.41) is 48.2. The van der Waals surface area contributed by atoms with Crippen molar-refractivity contribution in [2.24, 2.45) is 5.92 Å². The maximum atomic E-state index is 10.8. The zero-order valence-electron chi connectivity index (χ0n) is 19.8. The van der Waals surface area contributed by atoms with Crippen LogP contribution in [0.4, 0.5) is 17.5 Å². The van der Waals surface area contributed by atoms with E-state index in [9.17, 15) is 20.6 Å². The van der Waals surface area contributed by atoms with Crippen LogP contribution in [0.1, 0.15) is 25.8 Å². The average molecular weight is 503 g/mol. The number of para-hydroxylation sites is 1. The Kier molecular flexibility index (Phi) is 6.32. The van der Waals surface area contributed by atoms with Gasteiger partial charge in [-0.1, -0.05) is 18.2 Å². The molecule has 10 heteroatoms. The first kappa shape index (κ1) is 24.1. The predicted molar refractivity (Wildman–Crippen MR) is 139 cm³/mol. The molecule has 1 aliphatic rings. The van der Waals surface area contributed by atoms with E-state index in [0.29, 0.717) is 40.0 Å². The second kappa shape index (κ2) is 9.44. The lowest BCUT2D eigenvalue weighted by molar-refractivity contribution is -0.0601.